The maximum Gasteiger partial charge on any atom is 0.317 e. The van der Waals surface area contributed by atoms with Gasteiger partial charge in [-0.1, -0.05) is 19.3 Å². The molecule has 0 aromatic heterocycles. The molecule has 1 aliphatic heterocycles. The molecule has 0 atom stereocenters. The van der Waals surface area contributed by atoms with Gasteiger partial charge in [-0.15, -0.1) is 0 Å². The minimum Gasteiger partial charge on any atom is -0.480 e. The minimum absolute atomic E-state index is 0.0107. The molecule has 2 amide bonds. The van der Waals surface area contributed by atoms with Crippen LogP contribution >= 0.6 is 0 Å². The summed E-state index contributed by atoms with van der Waals surface area (Å²) < 4.78 is 0. The van der Waals surface area contributed by atoms with Gasteiger partial charge < -0.3 is 15.3 Å². The zero-order valence-corrected chi connectivity index (χ0v) is 12.9. The van der Waals surface area contributed by atoms with Crippen LogP contribution in [-0.4, -0.2) is 65.2 Å². The zero-order chi connectivity index (χ0) is 15.3. The Kier molecular flexibility index (Phi) is 5.45. The van der Waals surface area contributed by atoms with E-state index < -0.39 is 5.97 Å². The van der Waals surface area contributed by atoms with Crippen molar-refractivity contribution in [1.29, 1.82) is 0 Å². The van der Waals surface area contributed by atoms with Crippen LogP contribution in [0, 0.1) is 0 Å². The third kappa shape index (κ3) is 4.88. The van der Waals surface area contributed by atoms with E-state index in [9.17, 15) is 9.59 Å². The normalized spacial score (nSPS) is 23.4. The predicted molar refractivity (Wildman–Crippen MR) is 80.3 cm³/mol. The van der Waals surface area contributed by atoms with Gasteiger partial charge in [0.1, 0.15) is 0 Å². The Labute approximate surface area is 126 Å². The first-order valence-corrected chi connectivity index (χ1v) is 8.00. The van der Waals surface area contributed by atoms with Crippen LogP contribution in [0.4, 0.5) is 4.79 Å². The van der Waals surface area contributed by atoms with Gasteiger partial charge in [0.2, 0.25) is 0 Å². The van der Waals surface area contributed by atoms with Crippen molar-refractivity contribution < 1.29 is 14.7 Å². The van der Waals surface area contributed by atoms with E-state index in [1.54, 1.807) is 0 Å². The van der Waals surface area contributed by atoms with Crippen molar-refractivity contribution in [3.8, 4) is 0 Å². The van der Waals surface area contributed by atoms with Crippen LogP contribution in [0.15, 0.2) is 0 Å². The lowest BCUT2D eigenvalue weighted by molar-refractivity contribution is -0.138. The third-order valence-corrected chi connectivity index (χ3v) is 4.60. The standard InChI is InChI=1S/C15H27N3O3/c1-15(6-3-2-4-7-15)16-14(21)18-9-5-8-17(10-11-18)12-13(19)20/h2-12H2,1H3,(H,16,21)(H,19,20). The lowest BCUT2D eigenvalue weighted by Crippen LogP contribution is -2.53. The summed E-state index contributed by atoms with van der Waals surface area (Å²) in [5.41, 5.74) is -0.0671. The van der Waals surface area contributed by atoms with Crippen LogP contribution in [0.3, 0.4) is 0 Å². The molecule has 0 bridgehead atoms. The van der Waals surface area contributed by atoms with Crippen molar-refractivity contribution in [3.05, 3.63) is 0 Å². The molecule has 6 nitrogen and oxygen atoms in total. The van der Waals surface area contributed by atoms with E-state index in [2.05, 4.69) is 12.2 Å². The summed E-state index contributed by atoms with van der Waals surface area (Å²) in [6, 6.07) is 0.0107. The number of urea groups is 1. The third-order valence-electron chi connectivity index (χ3n) is 4.60. The molecule has 1 saturated heterocycles. The Balaban J connectivity index is 1.83. The van der Waals surface area contributed by atoms with E-state index in [4.69, 9.17) is 5.11 Å². The van der Waals surface area contributed by atoms with E-state index in [1.165, 1.54) is 19.3 Å². The minimum atomic E-state index is -0.803. The van der Waals surface area contributed by atoms with Crippen molar-refractivity contribution >= 4 is 12.0 Å². The number of rotatable bonds is 3. The second kappa shape index (κ2) is 7.11. The molecule has 0 aromatic carbocycles. The fourth-order valence-electron chi connectivity index (χ4n) is 3.32. The number of aliphatic carboxylic acids is 1. The highest BCUT2D eigenvalue weighted by molar-refractivity contribution is 5.75. The summed E-state index contributed by atoms with van der Waals surface area (Å²) in [5.74, 6) is -0.803. The summed E-state index contributed by atoms with van der Waals surface area (Å²) >= 11 is 0. The summed E-state index contributed by atoms with van der Waals surface area (Å²) in [4.78, 5) is 26.9. The lowest BCUT2D eigenvalue weighted by atomic mass is 9.83. The quantitative estimate of drug-likeness (QED) is 0.828. The first kappa shape index (κ1) is 16.1. The molecule has 1 heterocycles. The van der Waals surface area contributed by atoms with Gasteiger partial charge in [0, 0.05) is 31.7 Å². The van der Waals surface area contributed by atoms with E-state index in [1.807, 2.05) is 9.80 Å². The second-order valence-electron chi connectivity index (χ2n) is 6.56. The van der Waals surface area contributed by atoms with Crippen LogP contribution in [0.2, 0.25) is 0 Å². The summed E-state index contributed by atoms with van der Waals surface area (Å²) in [6.07, 6.45) is 6.57. The maximum absolute atomic E-state index is 12.4. The number of hydrogen-bond donors (Lipinski definition) is 2. The largest absolute Gasteiger partial charge is 0.480 e. The van der Waals surface area contributed by atoms with Crippen molar-refractivity contribution in [2.24, 2.45) is 0 Å². The van der Waals surface area contributed by atoms with E-state index >= 15 is 0 Å². The molecule has 1 saturated carbocycles. The number of carbonyl (C=O) groups is 2. The maximum atomic E-state index is 12.4. The average Bonchev–Trinajstić information content (AvgIpc) is 2.64. The Bertz CT molecular complexity index is 380. The number of carboxylic acids is 1. The summed E-state index contributed by atoms with van der Waals surface area (Å²) in [5, 5.41) is 12.0. The Morgan fingerprint density at radius 3 is 2.43 bits per heavy atom. The second-order valence-corrected chi connectivity index (χ2v) is 6.56. The molecule has 2 rings (SSSR count). The monoisotopic (exact) mass is 297 g/mol. The summed E-state index contributed by atoms with van der Waals surface area (Å²) in [7, 11) is 0. The van der Waals surface area contributed by atoms with Crippen LogP contribution in [0.1, 0.15) is 45.4 Å². The number of nitrogens with zero attached hydrogens (tertiary/aromatic N) is 2. The first-order valence-electron chi connectivity index (χ1n) is 8.00. The molecule has 1 aliphatic carbocycles. The van der Waals surface area contributed by atoms with Crippen LogP contribution in [0.5, 0.6) is 0 Å². The van der Waals surface area contributed by atoms with E-state index in [0.717, 1.165) is 25.8 Å². The van der Waals surface area contributed by atoms with Crippen LogP contribution < -0.4 is 5.32 Å². The Morgan fingerprint density at radius 1 is 1.05 bits per heavy atom. The van der Waals surface area contributed by atoms with E-state index in [-0.39, 0.29) is 18.1 Å². The molecule has 0 radical (unpaired) electrons. The number of amides is 2. The van der Waals surface area contributed by atoms with Gasteiger partial charge in [-0.05, 0) is 26.2 Å². The molecule has 2 N–H and O–H groups in total. The number of hydrogen-bond acceptors (Lipinski definition) is 3. The van der Waals surface area contributed by atoms with Crippen LogP contribution in [-0.2, 0) is 4.79 Å². The molecule has 120 valence electrons. The predicted octanol–water partition coefficient (Wildman–Crippen LogP) is 1.51. The highest BCUT2D eigenvalue weighted by Gasteiger charge is 2.30. The molecule has 21 heavy (non-hydrogen) atoms. The fraction of sp³-hybridized carbons (Fsp3) is 0.867. The topological polar surface area (TPSA) is 72.9 Å². The van der Waals surface area contributed by atoms with Gasteiger partial charge in [-0.2, -0.15) is 0 Å². The van der Waals surface area contributed by atoms with Gasteiger partial charge in [-0.3, -0.25) is 9.69 Å². The van der Waals surface area contributed by atoms with Gasteiger partial charge >= 0.3 is 12.0 Å². The Morgan fingerprint density at radius 2 is 1.76 bits per heavy atom. The highest BCUT2D eigenvalue weighted by atomic mass is 16.4. The van der Waals surface area contributed by atoms with Gasteiger partial charge in [0.15, 0.2) is 0 Å². The lowest BCUT2D eigenvalue weighted by Gasteiger charge is -2.36. The molecule has 0 unspecified atom stereocenters. The molecule has 6 heteroatoms. The van der Waals surface area contributed by atoms with Crippen molar-refractivity contribution in [1.82, 2.24) is 15.1 Å². The molecular formula is C15H27N3O3. The molecular weight excluding hydrogens is 270 g/mol. The van der Waals surface area contributed by atoms with Crippen LogP contribution in [0.25, 0.3) is 0 Å². The smallest absolute Gasteiger partial charge is 0.317 e. The van der Waals surface area contributed by atoms with Gasteiger partial charge in [0.05, 0.1) is 6.54 Å². The average molecular weight is 297 g/mol. The van der Waals surface area contributed by atoms with Crippen molar-refractivity contribution in [3.63, 3.8) is 0 Å². The van der Waals surface area contributed by atoms with Gasteiger partial charge in [0.25, 0.3) is 0 Å². The zero-order valence-electron chi connectivity index (χ0n) is 12.9. The molecule has 0 aromatic rings. The Hall–Kier alpha value is -1.30. The molecule has 0 spiro atoms. The highest BCUT2D eigenvalue weighted by Crippen LogP contribution is 2.27. The fourth-order valence-corrected chi connectivity index (χ4v) is 3.32. The van der Waals surface area contributed by atoms with Crippen molar-refractivity contribution in [2.75, 3.05) is 32.7 Å². The number of carboxylic acid groups (broad SMARTS) is 1. The molecule has 2 fully saturated rings. The van der Waals surface area contributed by atoms with Gasteiger partial charge in [-0.25, -0.2) is 4.79 Å². The molecule has 2 aliphatic rings. The number of nitrogens with one attached hydrogen (secondary N) is 1. The van der Waals surface area contributed by atoms with E-state index in [0.29, 0.717) is 19.6 Å². The first-order chi connectivity index (χ1) is 9.98. The summed E-state index contributed by atoms with van der Waals surface area (Å²) in [6.45, 7) is 4.89. The SMILES string of the molecule is CC1(NC(=O)N2CCCN(CC(=O)O)CC2)CCCCC1. The van der Waals surface area contributed by atoms with Crippen molar-refractivity contribution in [2.45, 2.75) is 51.0 Å². The number of carbonyl (C=O) groups excluding carboxylic acids is 1.